The van der Waals surface area contributed by atoms with Crippen LogP contribution in [0.2, 0.25) is 0 Å². The minimum absolute atomic E-state index is 0.188. The summed E-state index contributed by atoms with van der Waals surface area (Å²) in [6, 6.07) is 13.7. The molecule has 2 atom stereocenters. The molecular weight excluding hydrogens is 489 g/mol. The van der Waals surface area contributed by atoms with Gasteiger partial charge < -0.3 is 10.6 Å². The van der Waals surface area contributed by atoms with E-state index in [9.17, 15) is 13.6 Å². The summed E-state index contributed by atoms with van der Waals surface area (Å²) in [7, 11) is 0. The summed E-state index contributed by atoms with van der Waals surface area (Å²) in [6.07, 6.45) is -1.05. The Hall–Kier alpha value is -2.49. The number of fused-ring (bicyclic) bond motifs is 1. The molecule has 0 fully saturated rings. The van der Waals surface area contributed by atoms with Gasteiger partial charge in [0, 0.05) is 9.26 Å². The van der Waals surface area contributed by atoms with Gasteiger partial charge in [0.25, 0.3) is 12.3 Å². The Morgan fingerprint density at radius 3 is 2.72 bits per heavy atom. The highest BCUT2D eigenvalue weighted by Crippen LogP contribution is 2.39. The number of nitrogens with one attached hydrogen (secondary N) is 2. The summed E-state index contributed by atoms with van der Waals surface area (Å²) >= 11 is 2.16. The fraction of sp³-hybridized carbons (Fsp3) is 0.238. The summed E-state index contributed by atoms with van der Waals surface area (Å²) in [5, 5.41) is 10.2. The average molecular weight is 508 g/mol. The lowest BCUT2D eigenvalue weighted by Gasteiger charge is -2.32. The first-order valence-corrected chi connectivity index (χ1v) is 10.3. The van der Waals surface area contributed by atoms with Crippen LogP contribution in [0.25, 0.3) is 0 Å². The van der Waals surface area contributed by atoms with Gasteiger partial charge in [0.2, 0.25) is 0 Å². The molecule has 4 rings (SSSR count). The molecular formula is C21H19F2IN4O. The van der Waals surface area contributed by atoms with Gasteiger partial charge in [-0.15, -0.1) is 0 Å². The third kappa shape index (κ3) is 4.12. The summed E-state index contributed by atoms with van der Waals surface area (Å²) in [5.74, 6) is -0.0754. The second-order valence-electron chi connectivity index (χ2n) is 7.06. The van der Waals surface area contributed by atoms with Gasteiger partial charge in [0.1, 0.15) is 17.4 Å². The average Bonchev–Trinajstić information content (AvgIpc) is 3.12. The molecule has 0 radical (unpaired) electrons. The number of amides is 1. The molecule has 1 amide bonds. The van der Waals surface area contributed by atoms with E-state index in [1.54, 1.807) is 6.07 Å². The van der Waals surface area contributed by atoms with E-state index in [4.69, 9.17) is 0 Å². The van der Waals surface area contributed by atoms with Crippen LogP contribution in [0.1, 0.15) is 40.0 Å². The monoisotopic (exact) mass is 508 g/mol. The number of hydrogen-bond donors (Lipinski definition) is 2. The van der Waals surface area contributed by atoms with Crippen LogP contribution >= 0.6 is 22.6 Å². The van der Waals surface area contributed by atoms with Crippen LogP contribution < -0.4 is 10.6 Å². The van der Waals surface area contributed by atoms with E-state index in [1.807, 2.05) is 49.4 Å². The predicted octanol–water partition coefficient (Wildman–Crippen LogP) is 5.41. The molecule has 5 nitrogen and oxygen atoms in total. The van der Waals surface area contributed by atoms with Crippen molar-refractivity contribution in [2.45, 2.75) is 31.9 Å². The molecule has 2 aromatic carbocycles. The third-order valence-electron chi connectivity index (χ3n) is 5.00. The number of benzene rings is 2. The van der Waals surface area contributed by atoms with Crippen LogP contribution in [-0.2, 0) is 0 Å². The third-order valence-corrected chi connectivity index (χ3v) is 5.67. The number of rotatable bonds is 4. The molecule has 0 aliphatic carbocycles. The Balaban J connectivity index is 1.66. The van der Waals surface area contributed by atoms with E-state index in [1.165, 1.54) is 10.9 Å². The molecule has 0 saturated heterocycles. The Labute approximate surface area is 180 Å². The highest BCUT2D eigenvalue weighted by Gasteiger charge is 2.36. The highest BCUT2D eigenvalue weighted by molar-refractivity contribution is 14.1. The molecule has 1 aromatic heterocycles. The number of nitrogens with zero attached hydrogens (tertiary/aromatic N) is 2. The van der Waals surface area contributed by atoms with Gasteiger partial charge in [-0.05, 0) is 59.7 Å². The van der Waals surface area contributed by atoms with E-state index >= 15 is 0 Å². The number of anilines is 2. The van der Waals surface area contributed by atoms with Gasteiger partial charge in [-0.25, -0.2) is 13.5 Å². The van der Waals surface area contributed by atoms with Crippen molar-refractivity contribution in [3.8, 4) is 0 Å². The number of aromatic nitrogens is 2. The lowest BCUT2D eigenvalue weighted by molar-refractivity contribution is 0.0657. The largest absolute Gasteiger partial charge is 0.363 e. The number of carbonyl (C=O) groups excluding carboxylic acids is 1. The molecule has 2 heterocycles. The van der Waals surface area contributed by atoms with Crippen molar-refractivity contribution in [3.63, 3.8) is 0 Å². The molecule has 0 bridgehead atoms. The van der Waals surface area contributed by atoms with E-state index in [-0.39, 0.29) is 18.0 Å². The number of alkyl halides is 2. The van der Waals surface area contributed by atoms with E-state index < -0.39 is 18.4 Å². The Bertz CT molecular complexity index is 1040. The van der Waals surface area contributed by atoms with Crippen LogP contribution in [0.4, 0.5) is 20.3 Å². The maximum absolute atomic E-state index is 13.8. The quantitative estimate of drug-likeness (QED) is 0.464. The SMILES string of the molecule is Cc1ccc([C@H]2C[C@@H](C(F)F)n3ncc(C(=O)Nc4cccc(I)c4)c3N2)cc1. The van der Waals surface area contributed by atoms with Crippen LogP contribution in [0, 0.1) is 10.5 Å². The van der Waals surface area contributed by atoms with Gasteiger partial charge in [-0.1, -0.05) is 35.9 Å². The van der Waals surface area contributed by atoms with Crippen molar-refractivity contribution in [2.75, 3.05) is 10.6 Å². The fourth-order valence-corrected chi connectivity index (χ4v) is 4.02. The second-order valence-corrected chi connectivity index (χ2v) is 8.31. The Morgan fingerprint density at radius 2 is 2.03 bits per heavy atom. The second kappa shape index (κ2) is 8.10. The van der Waals surface area contributed by atoms with Crippen LogP contribution in [0.5, 0.6) is 0 Å². The van der Waals surface area contributed by atoms with Gasteiger partial charge in [0.05, 0.1) is 12.2 Å². The predicted molar refractivity (Wildman–Crippen MR) is 117 cm³/mol. The molecule has 8 heteroatoms. The smallest absolute Gasteiger partial charge is 0.261 e. The summed E-state index contributed by atoms with van der Waals surface area (Å²) in [6.45, 7) is 1.97. The summed E-state index contributed by atoms with van der Waals surface area (Å²) in [4.78, 5) is 12.8. The number of hydrogen-bond acceptors (Lipinski definition) is 3. The zero-order chi connectivity index (χ0) is 20.5. The van der Waals surface area contributed by atoms with Gasteiger partial charge in [-0.2, -0.15) is 5.10 Å². The normalized spacial score (nSPS) is 18.2. The summed E-state index contributed by atoms with van der Waals surface area (Å²) < 4.78 is 29.7. The number of carbonyl (C=O) groups is 1. The lowest BCUT2D eigenvalue weighted by Crippen LogP contribution is -2.31. The van der Waals surface area contributed by atoms with Crippen molar-refractivity contribution >= 4 is 40.0 Å². The molecule has 1 aliphatic heterocycles. The van der Waals surface area contributed by atoms with Crippen molar-refractivity contribution in [1.82, 2.24) is 9.78 Å². The van der Waals surface area contributed by atoms with Crippen molar-refractivity contribution < 1.29 is 13.6 Å². The number of aryl methyl sites for hydroxylation is 1. The molecule has 0 unspecified atom stereocenters. The zero-order valence-corrected chi connectivity index (χ0v) is 17.7. The lowest BCUT2D eigenvalue weighted by atomic mass is 9.96. The molecule has 1 aliphatic rings. The molecule has 0 saturated carbocycles. The molecule has 3 aromatic rings. The maximum atomic E-state index is 13.8. The Morgan fingerprint density at radius 1 is 1.28 bits per heavy atom. The van der Waals surface area contributed by atoms with Crippen LogP contribution in [-0.4, -0.2) is 22.1 Å². The van der Waals surface area contributed by atoms with Crippen molar-refractivity contribution in [3.05, 3.63) is 75.0 Å². The topological polar surface area (TPSA) is 59.0 Å². The Kier molecular flexibility index (Phi) is 5.53. The molecule has 2 N–H and O–H groups in total. The van der Waals surface area contributed by atoms with E-state index in [0.717, 1.165) is 14.7 Å². The highest BCUT2D eigenvalue weighted by atomic mass is 127. The minimum atomic E-state index is -2.59. The zero-order valence-electron chi connectivity index (χ0n) is 15.6. The molecule has 0 spiro atoms. The maximum Gasteiger partial charge on any atom is 0.261 e. The first kappa shape index (κ1) is 19.8. The number of halogens is 3. The van der Waals surface area contributed by atoms with E-state index in [2.05, 4.69) is 38.3 Å². The van der Waals surface area contributed by atoms with Crippen LogP contribution in [0.3, 0.4) is 0 Å². The van der Waals surface area contributed by atoms with Crippen molar-refractivity contribution in [2.24, 2.45) is 0 Å². The molecule has 150 valence electrons. The standard InChI is InChI=1S/C21H19F2IN4O/c1-12-5-7-13(8-6-12)17-10-18(19(22)23)28-20(27-17)16(11-25-28)21(29)26-15-4-2-3-14(24)9-15/h2-9,11,17-19,27H,10H2,1H3,(H,26,29)/t17-,18+/m1/s1. The minimum Gasteiger partial charge on any atom is -0.363 e. The first-order chi connectivity index (χ1) is 13.9. The van der Waals surface area contributed by atoms with Gasteiger partial charge in [0.15, 0.2) is 0 Å². The fourth-order valence-electron chi connectivity index (χ4n) is 3.48. The molecule has 29 heavy (non-hydrogen) atoms. The van der Waals surface area contributed by atoms with Crippen molar-refractivity contribution in [1.29, 1.82) is 0 Å². The summed E-state index contributed by atoms with van der Waals surface area (Å²) in [5.41, 5.74) is 2.87. The van der Waals surface area contributed by atoms with Gasteiger partial charge in [-0.3, -0.25) is 4.79 Å². The van der Waals surface area contributed by atoms with Crippen LogP contribution in [0.15, 0.2) is 54.7 Å². The van der Waals surface area contributed by atoms with E-state index in [0.29, 0.717) is 11.5 Å². The first-order valence-electron chi connectivity index (χ1n) is 9.18. The van der Waals surface area contributed by atoms with Gasteiger partial charge >= 0.3 is 0 Å².